The Bertz CT molecular complexity index is 118. The molecule has 0 aliphatic carbocycles. The molecule has 0 amide bonds. The first-order chi connectivity index (χ1) is 6.56. The fourth-order valence-electron chi connectivity index (χ4n) is 1.44. The normalized spacial score (nSPS) is 12.1. The summed E-state index contributed by atoms with van der Waals surface area (Å²) in [5, 5.41) is 1.34. The van der Waals surface area contributed by atoms with E-state index in [-0.39, 0.29) is 5.60 Å². The van der Waals surface area contributed by atoms with Crippen LogP contribution in [-0.2, 0) is 4.74 Å². The van der Waals surface area contributed by atoms with Crippen LogP contribution >= 0.6 is 0 Å². The van der Waals surface area contributed by atoms with Gasteiger partial charge in [0.2, 0.25) is 0 Å². The van der Waals surface area contributed by atoms with Gasteiger partial charge in [0.15, 0.2) is 0 Å². The summed E-state index contributed by atoms with van der Waals surface area (Å²) < 4.78 is 5.66. The maximum atomic E-state index is 5.66. The average Bonchev–Trinajstić information content (AvgIpc) is 2.08. The van der Waals surface area contributed by atoms with Crippen molar-refractivity contribution in [1.29, 1.82) is 0 Å². The Morgan fingerprint density at radius 1 is 0.857 bits per heavy atom. The van der Waals surface area contributed by atoms with E-state index in [0.717, 1.165) is 6.61 Å². The van der Waals surface area contributed by atoms with Crippen LogP contribution in [0.3, 0.4) is 0 Å². The van der Waals surface area contributed by atoms with Crippen molar-refractivity contribution in [3.63, 3.8) is 0 Å². The molecule has 2 heteroatoms. The van der Waals surface area contributed by atoms with E-state index < -0.39 is 0 Å². The molecule has 0 atom stereocenters. The molecule has 0 unspecified atom stereocenters. The third kappa shape index (κ3) is 12.6. The zero-order valence-corrected chi connectivity index (χ0v) is 10.6. The first kappa shape index (κ1) is 14.6. The Balaban J connectivity index is 2.99. The number of unbranched alkanes of at least 4 members (excludes halogenated alkanes) is 5. The van der Waals surface area contributed by atoms with Crippen LogP contribution in [0, 0.1) is 0 Å². The molecular formula is C12H25LiO. The Hall–Kier alpha value is 0.557. The van der Waals surface area contributed by atoms with Crippen LogP contribution in [0.2, 0.25) is 5.09 Å². The molecule has 14 heavy (non-hydrogen) atoms. The third-order valence-corrected chi connectivity index (χ3v) is 2.28. The van der Waals surface area contributed by atoms with E-state index in [1.54, 1.807) is 0 Å². The van der Waals surface area contributed by atoms with E-state index in [2.05, 4.69) is 38.5 Å². The van der Waals surface area contributed by atoms with Crippen molar-refractivity contribution in [3.05, 3.63) is 0 Å². The zero-order valence-electron chi connectivity index (χ0n) is 10.6. The van der Waals surface area contributed by atoms with Crippen molar-refractivity contribution < 1.29 is 4.74 Å². The predicted molar refractivity (Wildman–Crippen MR) is 64.0 cm³/mol. The Kier molecular flexibility index (Phi) is 9.18. The van der Waals surface area contributed by atoms with Crippen molar-refractivity contribution in [2.75, 3.05) is 6.61 Å². The second-order valence-corrected chi connectivity index (χ2v) is 5.08. The minimum atomic E-state index is 0.0439. The first-order valence-corrected chi connectivity index (χ1v) is 6.20. The van der Waals surface area contributed by atoms with Crippen molar-refractivity contribution in [2.24, 2.45) is 0 Å². The molecule has 0 radical (unpaired) electrons. The molecule has 0 N–H and O–H groups in total. The van der Waals surface area contributed by atoms with Crippen molar-refractivity contribution in [2.45, 2.75) is 70.0 Å². The molecule has 0 fully saturated rings. The molecule has 80 valence electrons. The summed E-state index contributed by atoms with van der Waals surface area (Å²) in [5.74, 6) is 0. The van der Waals surface area contributed by atoms with Gasteiger partial charge in [-0.15, -0.1) is 0 Å². The second kappa shape index (κ2) is 8.83. The maximum absolute atomic E-state index is 5.66. The molecule has 0 aliphatic rings. The molecular weight excluding hydrogens is 167 g/mol. The molecule has 0 bridgehead atoms. The fraction of sp³-hybridized carbons (Fsp3) is 1.00. The number of hydrogen-bond donors (Lipinski definition) is 0. The summed E-state index contributed by atoms with van der Waals surface area (Å²) in [6.07, 6.45) is 8.16. The van der Waals surface area contributed by atoms with Crippen molar-refractivity contribution >= 4 is 17.7 Å². The first-order valence-electron chi connectivity index (χ1n) is 6.20. The van der Waals surface area contributed by atoms with Crippen LogP contribution in [0.4, 0.5) is 0 Å². The monoisotopic (exact) mass is 192 g/mol. The van der Waals surface area contributed by atoms with E-state index in [9.17, 15) is 0 Å². The second-order valence-electron chi connectivity index (χ2n) is 5.08. The number of hydrogen-bond acceptors (Lipinski definition) is 1. The molecule has 0 aliphatic heterocycles. The van der Waals surface area contributed by atoms with Gasteiger partial charge in [-0.05, 0) is 0 Å². The third-order valence-electron chi connectivity index (χ3n) is 2.28. The average molecular weight is 192 g/mol. The predicted octanol–water partition coefficient (Wildman–Crippen LogP) is 3.73. The van der Waals surface area contributed by atoms with Crippen LogP contribution in [0.1, 0.15) is 59.3 Å². The Morgan fingerprint density at radius 2 is 1.36 bits per heavy atom. The molecule has 0 heterocycles. The van der Waals surface area contributed by atoms with E-state index in [1.165, 1.54) is 43.6 Å². The molecule has 1 nitrogen and oxygen atoms in total. The van der Waals surface area contributed by atoms with Crippen LogP contribution in [0.25, 0.3) is 0 Å². The fourth-order valence-corrected chi connectivity index (χ4v) is 1.44. The van der Waals surface area contributed by atoms with Gasteiger partial charge in [0.1, 0.15) is 0 Å². The summed E-state index contributed by atoms with van der Waals surface area (Å²) in [6.45, 7) is 7.29. The molecule has 0 aromatic carbocycles. The molecule has 0 rings (SSSR count). The van der Waals surface area contributed by atoms with E-state index in [4.69, 9.17) is 4.74 Å². The molecule has 0 saturated carbocycles. The van der Waals surface area contributed by atoms with Gasteiger partial charge >= 0.3 is 99.0 Å². The zero-order chi connectivity index (χ0) is 10.9. The summed E-state index contributed by atoms with van der Waals surface area (Å²) in [7, 11) is 0. The van der Waals surface area contributed by atoms with Gasteiger partial charge in [0, 0.05) is 0 Å². The molecule has 0 aromatic heterocycles. The quantitative estimate of drug-likeness (QED) is 0.420. The summed E-state index contributed by atoms with van der Waals surface area (Å²) >= 11 is 2.26. The van der Waals surface area contributed by atoms with Crippen molar-refractivity contribution in [1.82, 2.24) is 0 Å². The van der Waals surface area contributed by atoms with Gasteiger partial charge in [-0.25, -0.2) is 0 Å². The SMILES string of the molecule is [Li][CH2]CCCCCCCOC(C)(C)C. The minimum absolute atomic E-state index is 0.0439. The van der Waals surface area contributed by atoms with E-state index >= 15 is 0 Å². The van der Waals surface area contributed by atoms with Gasteiger partial charge in [-0.1, -0.05) is 0 Å². The van der Waals surface area contributed by atoms with Crippen LogP contribution in [-0.4, -0.2) is 29.9 Å². The van der Waals surface area contributed by atoms with Gasteiger partial charge < -0.3 is 0 Å². The van der Waals surface area contributed by atoms with Gasteiger partial charge in [-0.3, -0.25) is 0 Å². The van der Waals surface area contributed by atoms with E-state index in [0.29, 0.717) is 0 Å². The molecule has 0 saturated heterocycles. The number of ether oxygens (including phenoxy) is 1. The van der Waals surface area contributed by atoms with Crippen molar-refractivity contribution in [3.8, 4) is 0 Å². The van der Waals surface area contributed by atoms with Crippen LogP contribution in [0.5, 0.6) is 0 Å². The standard InChI is InChI=1S/C12H25O.Li/c1-5-6-7-8-9-10-11-13-12(2,3)4;/h1,5-11H2,2-4H3;. The van der Waals surface area contributed by atoms with Gasteiger partial charge in [0.25, 0.3) is 0 Å². The van der Waals surface area contributed by atoms with Gasteiger partial charge in [0.05, 0.1) is 0 Å². The van der Waals surface area contributed by atoms with Crippen LogP contribution in [0.15, 0.2) is 0 Å². The number of rotatable bonds is 8. The summed E-state index contributed by atoms with van der Waals surface area (Å²) in [5.41, 5.74) is 0.0439. The summed E-state index contributed by atoms with van der Waals surface area (Å²) in [4.78, 5) is 0. The van der Waals surface area contributed by atoms with Gasteiger partial charge in [-0.2, -0.15) is 0 Å². The van der Waals surface area contributed by atoms with Crippen LogP contribution < -0.4 is 0 Å². The Morgan fingerprint density at radius 3 is 1.86 bits per heavy atom. The van der Waals surface area contributed by atoms with E-state index in [1.807, 2.05) is 0 Å². The Labute approximate surface area is 99.2 Å². The topological polar surface area (TPSA) is 9.23 Å². The summed E-state index contributed by atoms with van der Waals surface area (Å²) in [6, 6.07) is 0. The molecule has 0 spiro atoms. The molecule has 0 aromatic rings.